The summed E-state index contributed by atoms with van der Waals surface area (Å²) in [7, 11) is 0. The quantitative estimate of drug-likeness (QED) is 0.218. The minimum atomic E-state index is -0.548. The number of anilines is 1. The summed E-state index contributed by atoms with van der Waals surface area (Å²) in [5, 5.41) is 13.1. The molecule has 0 saturated carbocycles. The molecule has 1 N–H and O–H groups in total. The normalized spacial score (nSPS) is 11.2. The molecule has 0 saturated heterocycles. The number of nitriles is 1. The molecule has 32 heavy (non-hydrogen) atoms. The number of aromatic nitrogens is 1. The third-order valence-corrected chi connectivity index (χ3v) is 6.25. The molecule has 158 valence electrons. The monoisotopic (exact) mass is 523 g/mol. The number of benzene rings is 2. The van der Waals surface area contributed by atoms with Crippen LogP contribution in [0.2, 0.25) is 5.02 Å². The summed E-state index contributed by atoms with van der Waals surface area (Å²) in [5.41, 5.74) is 1.78. The van der Waals surface area contributed by atoms with E-state index in [2.05, 4.69) is 26.2 Å². The van der Waals surface area contributed by atoms with Gasteiger partial charge in [-0.05, 0) is 42.0 Å². The Bertz CT molecular complexity index is 1340. The number of hydrogen-bond acceptors (Lipinski definition) is 5. The SMILES string of the molecule is N#C/C(=C\c1ccc(-c2ccccc2Cl)o1)C(=O)Nc1ncc(Cc2ccc(Br)cc2)s1. The van der Waals surface area contributed by atoms with Crippen LogP contribution in [0.5, 0.6) is 0 Å². The summed E-state index contributed by atoms with van der Waals surface area (Å²) in [6.07, 6.45) is 3.82. The second-order valence-corrected chi connectivity index (χ2v) is 9.18. The van der Waals surface area contributed by atoms with Crippen molar-refractivity contribution >= 4 is 56.0 Å². The Morgan fingerprint density at radius 1 is 1.19 bits per heavy atom. The summed E-state index contributed by atoms with van der Waals surface area (Å²) in [4.78, 5) is 17.8. The zero-order valence-electron chi connectivity index (χ0n) is 16.5. The third kappa shape index (κ3) is 5.35. The molecule has 0 fully saturated rings. The number of thiazole rings is 1. The fourth-order valence-electron chi connectivity index (χ4n) is 2.94. The maximum absolute atomic E-state index is 12.6. The van der Waals surface area contributed by atoms with Crippen molar-refractivity contribution in [2.24, 2.45) is 0 Å². The first-order chi connectivity index (χ1) is 15.5. The van der Waals surface area contributed by atoms with Gasteiger partial charge in [0.25, 0.3) is 5.91 Å². The molecule has 0 unspecified atom stereocenters. The molecular formula is C24H15BrClN3O2S. The van der Waals surface area contributed by atoms with Crippen LogP contribution in [0.1, 0.15) is 16.2 Å². The lowest BCUT2D eigenvalue weighted by atomic mass is 10.1. The average molecular weight is 525 g/mol. The highest BCUT2D eigenvalue weighted by molar-refractivity contribution is 9.10. The van der Waals surface area contributed by atoms with Gasteiger partial charge in [-0.25, -0.2) is 4.98 Å². The number of halogens is 2. The van der Waals surface area contributed by atoms with Crippen molar-refractivity contribution in [2.75, 3.05) is 5.32 Å². The molecule has 2 aromatic carbocycles. The summed E-state index contributed by atoms with van der Waals surface area (Å²) >= 11 is 11.0. The standard InChI is InChI=1S/C24H15BrClN3O2S/c25-17-7-5-15(6-8-17)11-19-14-28-24(32-19)29-23(30)16(13-27)12-18-9-10-22(31-18)20-3-1-2-4-21(20)26/h1-10,12,14H,11H2,(H,28,29,30)/b16-12+. The predicted octanol–water partition coefficient (Wildman–Crippen LogP) is 6.96. The van der Waals surface area contributed by atoms with E-state index in [0.717, 1.165) is 20.5 Å². The highest BCUT2D eigenvalue weighted by Crippen LogP contribution is 2.30. The zero-order valence-corrected chi connectivity index (χ0v) is 19.7. The van der Waals surface area contributed by atoms with E-state index in [1.165, 1.54) is 17.4 Å². The second kappa shape index (κ2) is 9.96. The van der Waals surface area contributed by atoms with Crippen molar-refractivity contribution in [1.82, 2.24) is 4.98 Å². The van der Waals surface area contributed by atoms with Crippen LogP contribution < -0.4 is 5.32 Å². The topological polar surface area (TPSA) is 78.9 Å². The molecule has 1 amide bonds. The van der Waals surface area contributed by atoms with Gasteiger partial charge in [0.05, 0.1) is 5.02 Å². The van der Waals surface area contributed by atoms with Crippen molar-refractivity contribution in [3.05, 3.63) is 98.1 Å². The lowest BCUT2D eigenvalue weighted by Gasteiger charge is -2.00. The highest BCUT2D eigenvalue weighted by Gasteiger charge is 2.14. The Morgan fingerprint density at radius 3 is 2.72 bits per heavy atom. The first kappa shape index (κ1) is 22.0. The minimum absolute atomic E-state index is 0.0882. The van der Waals surface area contributed by atoms with Crippen LogP contribution in [0.4, 0.5) is 5.13 Å². The molecule has 0 spiro atoms. The zero-order chi connectivity index (χ0) is 22.5. The molecule has 8 heteroatoms. The van der Waals surface area contributed by atoms with E-state index in [1.54, 1.807) is 24.4 Å². The Hall–Kier alpha value is -3.18. The Balaban J connectivity index is 1.45. The molecule has 0 aliphatic heterocycles. The van der Waals surface area contributed by atoms with E-state index in [4.69, 9.17) is 16.0 Å². The fraction of sp³-hybridized carbons (Fsp3) is 0.0417. The van der Waals surface area contributed by atoms with Gasteiger partial charge in [-0.3, -0.25) is 10.1 Å². The molecule has 0 aliphatic carbocycles. The highest BCUT2D eigenvalue weighted by atomic mass is 79.9. The molecule has 2 heterocycles. The van der Waals surface area contributed by atoms with Crippen molar-refractivity contribution in [2.45, 2.75) is 6.42 Å². The summed E-state index contributed by atoms with van der Waals surface area (Å²) in [5.74, 6) is 0.381. The smallest absolute Gasteiger partial charge is 0.268 e. The number of rotatable bonds is 6. The summed E-state index contributed by atoms with van der Waals surface area (Å²) < 4.78 is 6.77. The van der Waals surface area contributed by atoms with Crippen molar-refractivity contribution < 1.29 is 9.21 Å². The minimum Gasteiger partial charge on any atom is -0.457 e. The number of nitrogens with one attached hydrogen (secondary N) is 1. The van der Waals surface area contributed by atoms with Gasteiger partial charge in [0.1, 0.15) is 23.2 Å². The first-order valence-corrected chi connectivity index (χ1v) is 11.5. The number of carbonyl (C=O) groups excluding carboxylic acids is 1. The Kier molecular flexibility index (Phi) is 6.86. The van der Waals surface area contributed by atoms with Gasteiger partial charge in [-0.1, -0.05) is 51.8 Å². The molecule has 0 bridgehead atoms. The van der Waals surface area contributed by atoms with Gasteiger partial charge < -0.3 is 4.42 Å². The van der Waals surface area contributed by atoms with Crippen molar-refractivity contribution in [3.63, 3.8) is 0 Å². The van der Waals surface area contributed by atoms with Gasteiger partial charge in [0.2, 0.25) is 0 Å². The van der Waals surface area contributed by atoms with Gasteiger partial charge in [0, 0.05) is 33.6 Å². The largest absolute Gasteiger partial charge is 0.457 e. The average Bonchev–Trinajstić information content (AvgIpc) is 3.43. The van der Waals surface area contributed by atoms with Gasteiger partial charge in [-0.2, -0.15) is 5.26 Å². The predicted molar refractivity (Wildman–Crippen MR) is 130 cm³/mol. The molecule has 0 atom stereocenters. The molecule has 4 rings (SSSR count). The van der Waals surface area contributed by atoms with Crippen molar-refractivity contribution in [1.29, 1.82) is 5.26 Å². The van der Waals surface area contributed by atoms with Crippen LogP contribution in [0.25, 0.3) is 17.4 Å². The molecular weight excluding hydrogens is 510 g/mol. The fourth-order valence-corrected chi connectivity index (χ4v) is 4.28. The molecule has 2 aromatic heterocycles. The van der Waals surface area contributed by atoms with Crippen LogP contribution in [-0.4, -0.2) is 10.9 Å². The van der Waals surface area contributed by atoms with Gasteiger partial charge >= 0.3 is 0 Å². The molecule has 0 radical (unpaired) electrons. The number of hydrogen-bond donors (Lipinski definition) is 1. The second-order valence-electron chi connectivity index (χ2n) is 6.74. The number of amides is 1. The van der Waals surface area contributed by atoms with Crippen LogP contribution in [0.3, 0.4) is 0 Å². The van der Waals surface area contributed by atoms with Crippen LogP contribution in [0, 0.1) is 11.3 Å². The Morgan fingerprint density at radius 2 is 1.97 bits per heavy atom. The van der Waals surface area contributed by atoms with Gasteiger partial charge in [-0.15, -0.1) is 11.3 Å². The number of nitrogens with zero attached hydrogens (tertiary/aromatic N) is 2. The lowest BCUT2D eigenvalue weighted by Crippen LogP contribution is -2.13. The lowest BCUT2D eigenvalue weighted by molar-refractivity contribution is -0.112. The van der Waals surface area contributed by atoms with E-state index in [1.807, 2.05) is 48.5 Å². The van der Waals surface area contributed by atoms with E-state index in [-0.39, 0.29) is 5.57 Å². The maximum Gasteiger partial charge on any atom is 0.268 e. The third-order valence-electron chi connectivity index (χ3n) is 4.48. The Labute approximate surface area is 202 Å². The van der Waals surface area contributed by atoms with E-state index >= 15 is 0 Å². The van der Waals surface area contributed by atoms with E-state index in [9.17, 15) is 10.1 Å². The number of carbonyl (C=O) groups is 1. The van der Waals surface area contributed by atoms with Gasteiger partial charge in [0.15, 0.2) is 5.13 Å². The van der Waals surface area contributed by atoms with Crippen LogP contribution >= 0.6 is 38.9 Å². The molecule has 4 aromatic rings. The summed E-state index contributed by atoms with van der Waals surface area (Å²) in [6.45, 7) is 0. The van der Waals surface area contributed by atoms with E-state index < -0.39 is 5.91 Å². The maximum atomic E-state index is 12.6. The van der Waals surface area contributed by atoms with Crippen LogP contribution in [-0.2, 0) is 11.2 Å². The summed E-state index contributed by atoms with van der Waals surface area (Å²) in [6, 6.07) is 20.6. The molecule has 5 nitrogen and oxygen atoms in total. The first-order valence-electron chi connectivity index (χ1n) is 9.49. The molecule has 0 aliphatic rings. The van der Waals surface area contributed by atoms with Crippen molar-refractivity contribution in [3.8, 4) is 17.4 Å². The van der Waals surface area contributed by atoms with E-state index in [0.29, 0.717) is 28.1 Å². The van der Waals surface area contributed by atoms with Crippen LogP contribution in [0.15, 0.2) is 81.3 Å². The number of furan rings is 1.